The zero-order valence-electron chi connectivity index (χ0n) is 27.2. The topological polar surface area (TPSA) is 90.4 Å². The molecule has 5 rings (SSSR count). The second-order valence-corrected chi connectivity index (χ2v) is 13.5. The number of ether oxygens (including phenoxy) is 1. The summed E-state index contributed by atoms with van der Waals surface area (Å²) in [5.74, 6) is -2.57. The fourth-order valence-electron chi connectivity index (χ4n) is 7.98. The van der Waals surface area contributed by atoms with Crippen molar-refractivity contribution in [3.63, 3.8) is 0 Å². The molecule has 8 nitrogen and oxygen atoms in total. The zero-order valence-corrected chi connectivity index (χ0v) is 27.2. The van der Waals surface area contributed by atoms with E-state index in [4.69, 9.17) is 4.74 Å². The lowest BCUT2D eigenvalue weighted by molar-refractivity contribution is -0.153. The fraction of sp³-hybridized carbons (Fsp3) is 0.486. The molecule has 3 heterocycles. The van der Waals surface area contributed by atoms with Gasteiger partial charge in [0.25, 0.3) is 5.91 Å². The minimum atomic E-state index is -1.21. The van der Waals surface area contributed by atoms with Gasteiger partial charge in [0.15, 0.2) is 0 Å². The van der Waals surface area contributed by atoms with Crippen LogP contribution >= 0.6 is 0 Å². The fourth-order valence-corrected chi connectivity index (χ4v) is 7.98. The van der Waals surface area contributed by atoms with E-state index in [1.54, 1.807) is 26.9 Å². The first-order valence-electron chi connectivity index (χ1n) is 16.0. The lowest BCUT2D eigenvalue weighted by Crippen LogP contribution is -2.60. The summed E-state index contributed by atoms with van der Waals surface area (Å²) in [6, 6.07) is 14.0. The highest BCUT2D eigenvalue weighted by molar-refractivity contribution is 6.05. The van der Waals surface area contributed by atoms with Crippen LogP contribution in [0.2, 0.25) is 0 Å². The number of benzene rings is 2. The molecule has 3 saturated heterocycles. The third-order valence-electron chi connectivity index (χ3n) is 10.1. The van der Waals surface area contributed by atoms with Crippen LogP contribution in [0.1, 0.15) is 50.3 Å². The summed E-state index contributed by atoms with van der Waals surface area (Å²) in [6.07, 6.45) is 4.37. The Morgan fingerprint density at radius 1 is 1.07 bits per heavy atom. The van der Waals surface area contributed by atoms with Gasteiger partial charge in [-0.2, -0.15) is 0 Å². The van der Waals surface area contributed by atoms with Crippen molar-refractivity contribution in [2.45, 2.75) is 77.3 Å². The molecule has 2 unspecified atom stereocenters. The van der Waals surface area contributed by atoms with E-state index in [0.29, 0.717) is 25.9 Å². The van der Waals surface area contributed by atoms with Crippen LogP contribution in [0.4, 0.5) is 5.69 Å². The van der Waals surface area contributed by atoms with Gasteiger partial charge in [0.1, 0.15) is 11.6 Å². The van der Waals surface area contributed by atoms with Crippen LogP contribution in [0.5, 0.6) is 0 Å². The molecule has 3 fully saturated rings. The van der Waals surface area contributed by atoms with Gasteiger partial charge >= 0.3 is 0 Å². The van der Waals surface area contributed by atoms with Crippen molar-refractivity contribution in [3.8, 4) is 0 Å². The maximum Gasteiger partial charge on any atom is 0.253 e. The SMILES string of the molecule is C=CCN(Cc1ccccc1)C(=O)[C@@H]1[C@H]2C(=O)N([C@@H](CO)C(C)C)C(C(=O)N(CC=C)c3cc(C)ccc3C)C23CC[C@@]1(C)O3. The number of fused-ring (bicyclic) bond motifs is 1. The molecule has 1 N–H and O–H groups in total. The number of likely N-dealkylation sites (tertiary alicyclic amines) is 1. The van der Waals surface area contributed by atoms with E-state index in [2.05, 4.69) is 13.2 Å². The lowest BCUT2D eigenvalue weighted by atomic mass is 9.66. The third-order valence-corrected chi connectivity index (χ3v) is 10.1. The normalized spacial score (nSPS) is 27.4. The molecule has 2 aromatic carbocycles. The highest BCUT2D eigenvalue weighted by atomic mass is 16.5. The molecule has 3 aliphatic heterocycles. The van der Waals surface area contributed by atoms with Crippen LogP contribution < -0.4 is 4.90 Å². The van der Waals surface area contributed by atoms with Gasteiger partial charge in [0, 0.05) is 25.3 Å². The van der Waals surface area contributed by atoms with Crippen molar-refractivity contribution < 1.29 is 24.2 Å². The van der Waals surface area contributed by atoms with E-state index in [1.807, 2.05) is 83.1 Å². The molecule has 45 heavy (non-hydrogen) atoms. The summed E-state index contributed by atoms with van der Waals surface area (Å²) in [5.41, 5.74) is 1.49. The van der Waals surface area contributed by atoms with E-state index < -0.39 is 35.1 Å². The second kappa shape index (κ2) is 12.6. The highest BCUT2D eigenvalue weighted by Crippen LogP contribution is 2.64. The molecule has 2 aromatic rings. The Kier molecular flexibility index (Phi) is 9.11. The number of carbonyl (C=O) groups is 3. The summed E-state index contributed by atoms with van der Waals surface area (Å²) in [7, 11) is 0. The van der Waals surface area contributed by atoms with Crippen molar-refractivity contribution in [1.29, 1.82) is 0 Å². The number of hydrogen-bond donors (Lipinski definition) is 1. The number of aliphatic hydroxyl groups is 1. The number of hydrogen-bond acceptors (Lipinski definition) is 5. The summed E-state index contributed by atoms with van der Waals surface area (Å²) in [6.45, 7) is 18.1. The molecule has 3 aliphatic rings. The molecule has 240 valence electrons. The number of carbonyl (C=O) groups excluding carboxylic acids is 3. The van der Waals surface area contributed by atoms with Gasteiger partial charge in [-0.1, -0.05) is 68.5 Å². The largest absolute Gasteiger partial charge is 0.394 e. The van der Waals surface area contributed by atoms with Gasteiger partial charge in [-0.3, -0.25) is 14.4 Å². The number of aryl methyl sites for hydroxylation is 2. The summed E-state index contributed by atoms with van der Waals surface area (Å²) in [4.78, 5) is 49.3. The standard InChI is InChI=1S/C37H47N3O5/c1-8-19-38(22-27-13-11-10-12-14-27)33(42)30-31-34(43)40(29(23-41)24(3)4)32(37(31)18-17-36(30,7)45-37)35(44)39(20-9-2)28-21-25(5)15-16-26(28)6/h8-16,21,24,29-32,41H,1-2,17-20,22-23H2,3-7H3/t29-,30-,31-,32?,36+,37?/m0/s1. The van der Waals surface area contributed by atoms with Gasteiger partial charge in [-0.25, -0.2) is 0 Å². The average Bonchev–Trinajstić information content (AvgIpc) is 3.58. The van der Waals surface area contributed by atoms with Crippen LogP contribution in [0.25, 0.3) is 0 Å². The van der Waals surface area contributed by atoms with Gasteiger partial charge in [0.05, 0.1) is 30.1 Å². The Hall–Kier alpha value is -3.75. The monoisotopic (exact) mass is 613 g/mol. The van der Waals surface area contributed by atoms with Gasteiger partial charge < -0.3 is 24.5 Å². The lowest BCUT2D eigenvalue weighted by Gasteiger charge is -2.41. The quantitative estimate of drug-likeness (QED) is 0.347. The van der Waals surface area contributed by atoms with E-state index >= 15 is 0 Å². The predicted octanol–water partition coefficient (Wildman–Crippen LogP) is 4.82. The zero-order chi connectivity index (χ0) is 32.7. The van der Waals surface area contributed by atoms with E-state index in [-0.39, 0.29) is 36.8 Å². The minimum Gasteiger partial charge on any atom is -0.394 e. The molecular weight excluding hydrogens is 566 g/mol. The molecule has 0 radical (unpaired) electrons. The number of amides is 3. The maximum absolute atomic E-state index is 15.0. The van der Waals surface area contributed by atoms with Gasteiger partial charge in [0.2, 0.25) is 11.8 Å². The van der Waals surface area contributed by atoms with Gasteiger partial charge in [-0.05, 0) is 62.3 Å². The molecule has 1 spiro atoms. The van der Waals surface area contributed by atoms with E-state index in [0.717, 1.165) is 22.4 Å². The predicted molar refractivity (Wildman–Crippen MR) is 175 cm³/mol. The van der Waals surface area contributed by atoms with Crippen LogP contribution in [0.15, 0.2) is 73.8 Å². The third kappa shape index (κ3) is 5.42. The van der Waals surface area contributed by atoms with Crippen molar-refractivity contribution in [1.82, 2.24) is 9.80 Å². The summed E-state index contributed by atoms with van der Waals surface area (Å²) in [5, 5.41) is 10.6. The Balaban J connectivity index is 1.62. The number of aliphatic hydroxyl groups excluding tert-OH is 1. The number of rotatable bonds is 12. The molecular formula is C37H47N3O5. The summed E-state index contributed by atoms with van der Waals surface area (Å²) < 4.78 is 6.92. The van der Waals surface area contributed by atoms with E-state index in [1.165, 1.54) is 0 Å². The molecule has 2 bridgehead atoms. The Morgan fingerprint density at radius 3 is 2.38 bits per heavy atom. The van der Waals surface area contributed by atoms with Crippen molar-refractivity contribution in [2.24, 2.45) is 17.8 Å². The maximum atomic E-state index is 15.0. The second-order valence-electron chi connectivity index (χ2n) is 13.5. The Bertz CT molecular complexity index is 1470. The molecule has 0 aliphatic carbocycles. The minimum absolute atomic E-state index is 0.143. The number of nitrogens with zero attached hydrogens (tertiary/aromatic N) is 3. The number of anilines is 1. The molecule has 6 atom stereocenters. The molecule has 8 heteroatoms. The Labute approximate surface area is 267 Å². The average molecular weight is 614 g/mol. The molecule has 0 aromatic heterocycles. The van der Waals surface area contributed by atoms with Crippen LogP contribution in [0.3, 0.4) is 0 Å². The smallest absolute Gasteiger partial charge is 0.253 e. The van der Waals surface area contributed by atoms with Crippen molar-refractivity contribution in [2.75, 3.05) is 24.6 Å². The van der Waals surface area contributed by atoms with Gasteiger partial charge in [-0.15, -0.1) is 13.2 Å². The van der Waals surface area contributed by atoms with E-state index in [9.17, 15) is 19.5 Å². The van der Waals surface area contributed by atoms with Crippen LogP contribution in [-0.2, 0) is 25.7 Å². The first kappa shape index (κ1) is 32.6. The van der Waals surface area contributed by atoms with Crippen molar-refractivity contribution in [3.05, 3.63) is 90.5 Å². The Morgan fingerprint density at radius 2 is 1.76 bits per heavy atom. The summed E-state index contributed by atoms with van der Waals surface area (Å²) >= 11 is 0. The highest BCUT2D eigenvalue weighted by Gasteiger charge is 2.79. The van der Waals surface area contributed by atoms with Crippen LogP contribution in [-0.4, -0.2) is 75.6 Å². The molecule has 3 amide bonds. The molecule has 0 saturated carbocycles. The first-order chi connectivity index (χ1) is 21.4. The van der Waals surface area contributed by atoms with Crippen molar-refractivity contribution >= 4 is 23.4 Å². The van der Waals surface area contributed by atoms with Crippen LogP contribution in [0, 0.1) is 31.6 Å². The first-order valence-corrected chi connectivity index (χ1v) is 16.0.